The summed E-state index contributed by atoms with van der Waals surface area (Å²) in [5.41, 5.74) is 0. The van der Waals surface area contributed by atoms with Crippen molar-refractivity contribution in [2.24, 2.45) is 0 Å². The van der Waals surface area contributed by atoms with E-state index >= 15 is 0 Å². The standard InChI is InChI=1S/2Co.2Mn.O. The van der Waals surface area contributed by atoms with Crippen LogP contribution in [0.4, 0.5) is 0 Å². The van der Waals surface area contributed by atoms with E-state index in [2.05, 4.69) is 15.7 Å². The van der Waals surface area contributed by atoms with Gasteiger partial charge in [-0.2, -0.15) is 0 Å². The van der Waals surface area contributed by atoms with Crippen LogP contribution in [0.3, 0.4) is 0 Å². The molecule has 0 saturated heterocycles. The first kappa shape index (κ1) is 28.8. The zero-order chi connectivity index (χ0) is 2.00. The van der Waals surface area contributed by atoms with Crippen molar-refractivity contribution in [1.29, 1.82) is 0 Å². The van der Waals surface area contributed by atoms with E-state index in [1.165, 1.54) is 0 Å². The molecule has 0 aliphatic rings. The van der Waals surface area contributed by atoms with Crippen LogP contribution in [-0.4, -0.2) is 0 Å². The molecule has 1 nitrogen and oxygen atoms in total. The van der Waals surface area contributed by atoms with Crippen LogP contribution in [-0.2, 0) is 70.4 Å². The minimum atomic E-state index is 0. The fraction of sp³-hybridized carbons (Fsp3) is 0. The zero-order valence-corrected chi connectivity index (χ0v) is 6.27. The molecule has 0 spiro atoms. The Hall–Kier alpha value is 1.85. The minimum absolute atomic E-state index is 0. The average molecular weight is 244 g/mol. The summed E-state index contributed by atoms with van der Waals surface area (Å²) in [7, 11) is 0. The van der Waals surface area contributed by atoms with Crippen LogP contribution in [0.25, 0.3) is 0 Å². The summed E-state index contributed by atoms with van der Waals surface area (Å²) in [6, 6.07) is 0. The molecule has 0 aromatic rings. The molecular formula is Co2Mn2O. The molecule has 0 unspecified atom stereocenters. The summed E-state index contributed by atoms with van der Waals surface area (Å²) in [4.78, 5) is 0. The Bertz CT molecular complexity index is 7.61. The second-order valence-electron chi connectivity index (χ2n) is 0. The van der Waals surface area contributed by atoms with Crippen molar-refractivity contribution in [1.82, 2.24) is 0 Å². The molecule has 38 valence electrons. The number of hydrogen-bond donors (Lipinski definition) is 0. The van der Waals surface area contributed by atoms with Crippen molar-refractivity contribution in [3.63, 3.8) is 0 Å². The van der Waals surface area contributed by atoms with Gasteiger partial charge in [-0.1, -0.05) is 0 Å². The van der Waals surface area contributed by atoms with E-state index in [-0.39, 0.29) is 50.9 Å². The van der Waals surface area contributed by atoms with Crippen molar-refractivity contribution in [3.8, 4) is 0 Å². The predicted octanol–water partition coefficient (Wildman–Crippen LogP) is -0.129. The normalized spacial score (nSPS) is 1.00. The van der Waals surface area contributed by atoms with Crippen LogP contribution in [0.5, 0.6) is 0 Å². The summed E-state index contributed by atoms with van der Waals surface area (Å²) >= 11 is 2.31. The third kappa shape index (κ3) is 25.3. The summed E-state index contributed by atoms with van der Waals surface area (Å²) in [6.45, 7) is 0. The van der Waals surface area contributed by atoms with Gasteiger partial charge in [0.05, 0.1) is 0 Å². The Morgan fingerprint density at radius 2 is 1.00 bits per heavy atom. The van der Waals surface area contributed by atoms with Crippen molar-refractivity contribution in [2.75, 3.05) is 0 Å². The van der Waals surface area contributed by atoms with Crippen molar-refractivity contribution in [3.05, 3.63) is 0 Å². The SMILES string of the molecule is [Co].[Mn].[Mn].[O]=[Co]. The molecule has 0 rings (SSSR count). The molecule has 0 aromatic heterocycles. The third-order valence-electron chi connectivity index (χ3n) is 0. The van der Waals surface area contributed by atoms with Gasteiger partial charge >= 0.3 is 19.5 Å². The van der Waals surface area contributed by atoms with Gasteiger partial charge in [-0.15, -0.1) is 0 Å². The molecule has 0 N–H and O–H groups in total. The molecule has 3 radical (unpaired) electrons. The Labute approximate surface area is 70.0 Å². The molecule has 0 fully saturated rings. The fourth-order valence-corrected chi connectivity index (χ4v) is 0. The molecule has 0 aliphatic heterocycles. The molecule has 0 amide bonds. The summed E-state index contributed by atoms with van der Waals surface area (Å²) < 4.78 is 7.94. The van der Waals surface area contributed by atoms with Gasteiger partial charge in [0.2, 0.25) is 0 Å². The van der Waals surface area contributed by atoms with Crippen LogP contribution in [0.15, 0.2) is 0 Å². The first-order valence-electron chi connectivity index (χ1n) is 0.136. The Kier molecular flexibility index (Phi) is 232. The van der Waals surface area contributed by atoms with Gasteiger partial charge in [-0.05, 0) is 0 Å². The van der Waals surface area contributed by atoms with Crippen molar-refractivity contribution in [2.45, 2.75) is 0 Å². The summed E-state index contributed by atoms with van der Waals surface area (Å²) in [6.07, 6.45) is 0. The van der Waals surface area contributed by atoms with Crippen LogP contribution in [0.1, 0.15) is 0 Å². The quantitative estimate of drug-likeness (QED) is 0.542. The molecule has 5 heteroatoms. The van der Waals surface area contributed by atoms with Crippen LogP contribution < -0.4 is 0 Å². The number of rotatable bonds is 0. The average Bonchev–Trinajstić information content (AvgIpc) is 1.00. The van der Waals surface area contributed by atoms with E-state index < -0.39 is 0 Å². The van der Waals surface area contributed by atoms with Crippen LogP contribution in [0, 0.1) is 0 Å². The van der Waals surface area contributed by atoms with E-state index in [0.29, 0.717) is 0 Å². The van der Waals surface area contributed by atoms with Gasteiger partial charge in [-0.25, -0.2) is 0 Å². The molecule has 0 bridgehead atoms. The van der Waals surface area contributed by atoms with E-state index in [9.17, 15) is 0 Å². The maximum absolute atomic E-state index is 7.94. The Morgan fingerprint density at radius 1 is 1.00 bits per heavy atom. The van der Waals surface area contributed by atoms with E-state index in [4.69, 9.17) is 3.87 Å². The summed E-state index contributed by atoms with van der Waals surface area (Å²) in [5.74, 6) is 0. The molecule has 0 atom stereocenters. The van der Waals surface area contributed by atoms with Gasteiger partial charge in [0.1, 0.15) is 0 Å². The van der Waals surface area contributed by atoms with Crippen molar-refractivity contribution < 1.29 is 70.4 Å². The molecule has 0 aliphatic carbocycles. The first-order chi connectivity index (χ1) is 1.00. The van der Waals surface area contributed by atoms with E-state index in [0.717, 1.165) is 0 Å². The van der Waals surface area contributed by atoms with Crippen LogP contribution >= 0.6 is 0 Å². The van der Waals surface area contributed by atoms with Gasteiger partial charge in [-0.3, -0.25) is 0 Å². The molecule has 0 aromatic carbocycles. The second kappa shape index (κ2) is 40.2. The zero-order valence-electron chi connectivity index (χ0n) is 1.83. The maximum atomic E-state index is 7.94. The van der Waals surface area contributed by atoms with Gasteiger partial charge in [0.25, 0.3) is 0 Å². The Morgan fingerprint density at radius 3 is 1.00 bits per heavy atom. The predicted molar refractivity (Wildman–Crippen MR) is 0.686 cm³/mol. The molecule has 0 saturated carbocycles. The second-order valence-corrected chi connectivity index (χ2v) is 0. The van der Waals surface area contributed by atoms with Crippen molar-refractivity contribution >= 4 is 0 Å². The fourth-order valence-electron chi connectivity index (χ4n) is 0. The van der Waals surface area contributed by atoms with Gasteiger partial charge in [0, 0.05) is 50.9 Å². The molecular weight excluding hydrogens is 244 g/mol. The van der Waals surface area contributed by atoms with Gasteiger partial charge in [0.15, 0.2) is 0 Å². The van der Waals surface area contributed by atoms with E-state index in [1.54, 1.807) is 0 Å². The van der Waals surface area contributed by atoms with Gasteiger partial charge < -0.3 is 0 Å². The topological polar surface area (TPSA) is 17.1 Å². The number of hydrogen-bond acceptors (Lipinski definition) is 1. The Balaban J connectivity index is -0.00000000167. The third-order valence-corrected chi connectivity index (χ3v) is 0. The van der Waals surface area contributed by atoms with E-state index in [1.807, 2.05) is 0 Å². The van der Waals surface area contributed by atoms with Crippen LogP contribution in [0.2, 0.25) is 0 Å². The molecule has 0 heterocycles. The summed E-state index contributed by atoms with van der Waals surface area (Å²) in [5, 5.41) is 0. The monoisotopic (exact) mass is 244 g/mol. The first-order valence-corrected chi connectivity index (χ1v) is 0.561. The molecule has 5 heavy (non-hydrogen) atoms.